The number of fused-ring (bicyclic) bond motifs is 1. The Labute approximate surface area is 186 Å². The van der Waals surface area contributed by atoms with E-state index in [1.165, 1.54) is 0 Å². The van der Waals surface area contributed by atoms with Crippen LogP contribution in [0.3, 0.4) is 0 Å². The minimum absolute atomic E-state index is 0.241. The summed E-state index contributed by atoms with van der Waals surface area (Å²) in [4.78, 5) is 19.6. The number of ether oxygens (including phenoxy) is 1. The van der Waals surface area contributed by atoms with Gasteiger partial charge in [-0.1, -0.05) is 12.1 Å². The smallest absolute Gasteiger partial charge is 0.316 e. The normalized spacial score (nSPS) is 12.3. The van der Waals surface area contributed by atoms with Crippen molar-refractivity contribution >= 4 is 17.0 Å². The van der Waals surface area contributed by atoms with Gasteiger partial charge < -0.3 is 9.30 Å². The minimum atomic E-state index is -0.536. The zero-order valence-electron chi connectivity index (χ0n) is 19.8. The highest BCUT2D eigenvalue weighted by molar-refractivity contribution is 5.81. The third kappa shape index (κ3) is 5.34. The van der Waals surface area contributed by atoms with Gasteiger partial charge in [0.1, 0.15) is 11.6 Å². The first kappa shape index (κ1) is 23.0. The van der Waals surface area contributed by atoms with Gasteiger partial charge in [0, 0.05) is 30.7 Å². The van der Waals surface area contributed by atoms with Gasteiger partial charge in [0.2, 0.25) is 0 Å². The lowest BCUT2D eigenvalue weighted by atomic mass is 9.97. The van der Waals surface area contributed by atoms with Crippen LogP contribution >= 0.6 is 0 Å². The van der Waals surface area contributed by atoms with E-state index in [0.717, 1.165) is 35.5 Å². The van der Waals surface area contributed by atoms with E-state index in [2.05, 4.69) is 55.4 Å². The molecule has 0 radical (unpaired) electrons. The second kappa shape index (κ2) is 9.23. The first-order valence-corrected chi connectivity index (χ1v) is 11.1. The van der Waals surface area contributed by atoms with Gasteiger partial charge in [0.15, 0.2) is 0 Å². The molecule has 0 N–H and O–H groups in total. The van der Waals surface area contributed by atoms with Crippen LogP contribution in [0.2, 0.25) is 0 Å². The molecule has 1 aromatic heterocycles. The van der Waals surface area contributed by atoms with Crippen LogP contribution in [0.25, 0.3) is 22.4 Å². The van der Waals surface area contributed by atoms with Crippen molar-refractivity contribution < 1.29 is 9.53 Å². The maximum absolute atomic E-state index is 12.2. The number of rotatable bonds is 7. The average molecular weight is 422 g/mol. The standard InChI is InChI=1S/C26H35N3O2/c1-18(2)28(19(3)4)16-17-29-23-11-9-8-10-22(23)27-24(29)20-12-14-21(15-13-20)31-25(30)26(5,6)7/h8-15,18-19H,16-17H2,1-7H3. The molecule has 0 aliphatic heterocycles. The van der Waals surface area contributed by atoms with Crippen molar-refractivity contribution in [2.24, 2.45) is 5.41 Å². The van der Waals surface area contributed by atoms with E-state index in [4.69, 9.17) is 9.72 Å². The Bertz CT molecular complexity index is 1020. The molecule has 0 saturated heterocycles. The van der Waals surface area contributed by atoms with E-state index in [1.54, 1.807) is 0 Å². The van der Waals surface area contributed by atoms with Crippen LogP contribution in [0.5, 0.6) is 5.75 Å². The van der Waals surface area contributed by atoms with E-state index < -0.39 is 5.41 Å². The molecule has 0 bridgehead atoms. The molecule has 5 heteroatoms. The van der Waals surface area contributed by atoms with Gasteiger partial charge in [-0.15, -0.1) is 0 Å². The summed E-state index contributed by atoms with van der Waals surface area (Å²) in [6, 6.07) is 16.9. The molecule has 0 atom stereocenters. The molecule has 1 heterocycles. The highest BCUT2D eigenvalue weighted by Crippen LogP contribution is 2.27. The summed E-state index contributed by atoms with van der Waals surface area (Å²) in [5, 5.41) is 0. The number of carbonyl (C=O) groups excluding carboxylic acids is 1. The Hall–Kier alpha value is -2.66. The Kier molecular flexibility index (Phi) is 6.85. The van der Waals surface area contributed by atoms with E-state index in [1.807, 2.05) is 51.1 Å². The lowest BCUT2D eigenvalue weighted by Crippen LogP contribution is -2.39. The van der Waals surface area contributed by atoms with Crippen LogP contribution in [0.15, 0.2) is 48.5 Å². The maximum atomic E-state index is 12.2. The second-order valence-electron chi connectivity index (χ2n) is 9.66. The Morgan fingerprint density at radius 2 is 1.61 bits per heavy atom. The molecule has 0 spiro atoms. The fourth-order valence-electron chi connectivity index (χ4n) is 3.78. The molecule has 0 saturated carbocycles. The molecule has 3 rings (SSSR count). The molecule has 3 aromatic rings. The zero-order valence-corrected chi connectivity index (χ0v) is 19.8. The summed E-state index contributed by atoms with van der Waals surface area (Å²) in [5.74, 6) is 1.24. The lowest BCUT2D eigenvalue weighted by molar-refractivity contribution is -0.142. The number of hydrogen-bond acceptors (Lipinski definition) is 4. The zero-order chi connectivity index (χ0) is 22.8. The van der Waals surface area contributed by atoms with Gasteiger partial charge in [0.05, 0.1) is 16.4 Å². The van der Waals surface area contributed by atoms with Crippen LogP contribution in [-0.4, -0.2) is 39.0 Å². The highest BCUT2D eigenvalue weighted by Gasteiger charge is 2.24. The Balaban J connectivity index is 1.91. The summed E-state index contributed by atoms with van der Waals surface area (Å²) >= 11 is 0. The molecule has 31 heavy (non-hydrogen) atoms. The second-order valence-corrected chi connectivity index (χ2v) is 9.66. The van der Waals surface area contributed by atoms with E-state index in [-0.39, 0.29) is 5.97 Å². The average Bonchev–Trinajstić information content (AvgIpc) is 3.06. The molecule has 2 aromatic carbocycles. The van der Waals surface area contributed by atoms with Crippen molar-refractivity contribution in [3.8, 4) is 17.1 Å². The fourth-order valence-corrected chi connectivity index (χ4v) is 3.78. The van der Waals surface area contributed by atoms with Gasteiger partial charge in [-0.3, -0.25) is 9.69 Å². The van der Waals surface area contributed by atoms with E-state index in [9.17, 15) is 4.79 Å². The van der Waals surface area contributed by atoms with E-state index in [0.29, 0.717) is 17.8 Å². The van der Waals surface area contributed by atoms with Crippen LogP contribution in [0, 0.1) is 5.41 Å². The first-order chi connectivity index (χ1) is 14.6. The number of hydrogen-bond donors (Lipinski definition) is 0. The number of para-hydroxylation sites is 2. The highest BCUT2D eigenvalue weighted by atomic mass is 16.5. The number of nitrogens with zero attached hydrogens (tertiary/aromatic N) is 3. The number of imidazole rings is 1. The topological polar surface area (TPSA) is 47.4 Å². The van der Waals surface area contributed by atoms with Crippen LogP contribution in [0.1, 0.15) is 48.5 Å². The number of carbonyl (C=O) groups is 1. The molecule has 0 aliphatic rings. The predicted octanol–water partition coefficient (Wildman–Crippen LogP) is 5.77. The van der Waals surface area contributed by atoms with Gasteiger partial charge in [-0.05, 0) is 84.9 Å². The minimum Gasteiger partial charge on any atom is -0.426 e. The summed E-state index contributed by atoms with van der Waals surface area (Å²) in [6.07, 6.45) is 0. The molecular formula is C26H35N3O2. The van der Waals surface area contributed by atoms with Crippen LogP contribution in [-0.2, 0) is 11.3 Å². The van der Waals surface area contributed by atoms with Crippen molar-refractivity contribution in [1.29, 1.82) is 0 Å². The van der Waals surface area contributed by atoms with Crippen LogP contribution < -0.4 is 4.74 Å². The lowest BCUT2D eigenvalue weighted by Gasteiger charge is -2.30. The Morgan fingerprint density at radius 1 is 1.00 bits per heavy atom. The molecule has 0 fully saturated rings. The van der Waals surface area contributed by atoms with E-state index >= 15 is 0 Å². The summed E-state index contributed by atoms with van der Waals surface area (Å²) in [5.41, 5.74) is 2.59. The number of aromatic nitrogens is 2. The third-order valence-corrected chi connectivity index (χ3v) is 5.50. The predicted molar refractivity (Wildman–Crippen MR) is 127 cm³/mol. The number of esters is 1. The van der Waals surface area contributed by atoms with Crippen molar-refractivity contribution in [3.05, 3.63) is 48.5 Å². The van der Waals surface area contributed by atoms with Gasteiger partial charge in [0.25, 0.3) is 0 Å². The summed E-state index contributed by atoms with van der Waals surface area (Å²) in [6.45, 7) is 16.3. The van der Waals surface area contributed by atoms with Crippen LogP contribution in [0.4, 0.5) is 0 Å². The van der Waals surface area contributed by atoms with Gasteiger partial charge in [-0.2, -0.15) is 0 Å². The van der Waals surface area contributed by atoms with Gasteiger partial charge >= 0.3 is 5.97 Å². The SMILES string of the molecule is CC(C)N(CCn1c(-c2ccc(OC(=O)C(C)(C)C)cc2)nc2ccccc21)C(C)C. The van der Waals surface area contributed by atoms with Crippen molar-refractivity contribution in [2.45, 2.75) is 67.1 Å². The number of benzene rings is 2. The summed E-state index contributed by atoms with van der Waals surface area (Å²) in [7, 11) is 0. The molecule has 0 amide bonds. The summed E-state index contributed by atoms with van der Waals surface area (Å²) < 4.78 is 7.81. The molecule has 0 aliphatic carbocycles. The Morgan fingerprint density at radius 3 is 2.19 bits per heavy atom. The molecule has 166 valence electrons. The molecular weight excluding hydrogens is 386 g/mol. The fraction of sp³-hybridized carbons (Fsp3) is 0.462. The third-order valence-electron chi connectivity index (χ3n) is 5.50. The van der Waals surface area contributed by atoms with Gasteiger partial charge in [-0.25, -0.2) is 4.98 Å². The van der Waals surface area contributed by atoms with Crippen molar-refractivity contribution in [3.63, 3.8) is 0 Å². The first-order valence-electron chi connectivity index (χ1n) is 11.1. The quantitative estimate of drug-likeness (QED) is 0.359. The monoisotopic (exact) mass is 421 g/mol. The molecule has 5 nitrogen and oxygen atoms in total. The maximum Gasteiger partial charge on any atom is 0.316 e. The van der Waals surface area contributed by atoms with Crippen molar-refractivity contribution in [2.75, 3.05) is 6.54 Å². The largest absolute Gasteiger partial charge is 0.426 e. The molecule has 0 unspecified atom stereocenters. The van der Waals surface area contributed by atoms with Crippen molar-refractivity contribution in [1.82, 2.24) is 14.5 Å².